The number of para-hydroxylation sites is 1. The summed E-state index contributed by atoms with van der Waals surface area (Å²) in [6.45, 7) is 2.22. The summed E-state index contributed by atoms with van der Waals surface area (Å²) in [6.07, 6.45) is 5.44. The lowest BCUT2D eigenvalue weighted by atomic mass is 9.78. The van der Waals surface area contributed by atoms with Crippen LogP contribution in [0.25, 0.3) is 0 Å². The second kappa shape index (κ2) is 12.2. The zero-order chi connectivity index (χ0) is 26.4. The number of aromatic nitrogens is 1. The first-order valence-electron chi connectivity index (χ1n) is 12.9. The normalized spacial score (nSPS) is 20.7. The van der Waals surface area contributed by atoms with Crippen molar-refractivity contribution in [1.29, 1.82) is 5.41 Å². The number of methoxy groups -OCH3 is 2. The zero-order valence-corrected chi connectivity index (χ0v) is 21.9. The molecule has 9 nitrogen and oxygen atoms in total. The van der Waals surface area contributed by atoms with Crippen LogP contribution < -0.4 is 10.2 Å². The molecule has 9 heteroatoms. The molecule has 1 aromatic heterocycles. The molecule has 2 unspecified atom stereocenters. The fourth-order valence-electron chi connectivity index (χ4n) is 5.52. The van der Waals surface area contributed by atoms with Crippen molar-refractivity contribution in [2.24, 2.45) is 11.8 Å². The van der Waals surface area contributed by atoms with Gasteiger partial charge in [0.15, 0.2) is 6.29 Å². The number of hydrogen-bond donors (Lipinski definition) is 2. The van der Waals surface area contributed by atoms with E-state index in [0.29, 0.717) is 29.7 Å². The fraction of sp³-hybridized carbons (Fsp3) is 0.500. The van der Waals surface area contributed by atoms with Crippen molar-refractivity contribution in [1.82, 2.24) is 9.88 Å². The highest BCUT2D eigenvalue weighted by molar-refractivity contribution is 6.10. The average molecular weight is 508 g/mol. The Labute approximate surface area is 218 Å². The number of carbonyl (C=O) groups excluding carboxylic acids is 2. The van der Waals surface area contributed by atoms with Crippen molar-refractivity contribution in [2.75, 3.05) is 51.2 Å². The molecule has 2 aromatic rings. The molecule has 0 spiro atoms. The number of carbonyl (C=O) groups is 2. The van der Waals surface area contributed by atoms with Gasteiger partial charge in [-0.3, -0.25) is 4.79 Å². The van der Waals surface area contributed by atoms with Crippen LogP contribution in [0.3, 0.4) is 0 Å². The van der Waals surface area contributed by atoms with E-state index in [4.69, 9.17) is 10.1 Å². The predicted octanol–water partition coefficient (Wildman–Crippen LogP) is 4.74. The summed E-state index contributed by atoms with van der Waals surface area (Å²) in [5.41, 5.74) is 3.50. The maximum Gasteiger partial charge on any atom is 0.409 e. The Morgan fingerprint density at radius 3 is 2.46 bits per heavy atom. The first-order valence-corrected chi connectivity index (χ1v) is 12.9. The van der Waals surface area contributed by atoms with E-state index in [0.717, 1.165) is 68.4 Å². The average Bonchev–Trinajstić information content (AvgIpc) is 3.31. The molecule has 198 valence electrons. The predicted molar refractivity (Wildman–Crippen MR) is 144 cm³/mol. The number of hydrogen-bond acceptors (Lipinski definition) is 8. The molecule has 3 aliphatic rings. The summed E-state index contributed by atoms with van der Waals surface area (Å²) in [7, 11) is 4.68. The molecule has 2 saturated heterocycles. The summed E-state index contributed by atoms with van der Waals surface area (Å²) >= 11 is 0. The lowest BCUT2D eigenvalue weighted by Crippen LogP contribution is -2.48. The summed E-state index contributed by atoms with van der Waals surface area (Å²) < 4.78 is 9.23. The van der Waals surface area contributed by atoms with Crippen LogP contribution in [0.5, 0.6) is 0 Å². The standard InChI is InChI=1S/C26H31N5O3.C2H6O/c1-34-26(33)31-13-10-18-15-30(12-11-21(18)31)22-14-20(16-32)29-25(28-19-8-3-2-4-9-19)23(22)24(27)17-6-5-7-17;1-3-2/h2-4,8-9,14,16-18,21,27H,5-7,10-13,15H2,1H3,(H,28,29);1-2H3. The van der Waals surface area contributed by atoms with Crippen molar-refractivity contribution in [3.63, 3.8) is 0 Å². The number of nitrogens with one attached hydrogen (secondary N) is 2. The van der Waals surface area contributed by atoms with Gasteiger partial charge in [0, 0.05) is 57.2 Å². The quantitative estimate of drug-likeness (QED) is 0.430. The molecule has 1 amide bonds. The van der Waals surface area contributed by atoms with Gasteiger partial charge in [0.2, 0.25) is 0 Å². The van der Waals surface area contributed by atoms with E-state index in [-0.39, 0.29) is 18.1 Å². The molecule has 1 aromatic carbocycles. The number of pyridine rings is 1. The Balaban J connectivity index is 0.00000102. The van der Waals surface area contributed by atoms with Crippen molar-refractivity contribution in [3.8, 4) is 0 Å². The van der Waals surface area contributed by atoms with Gasteiger partial charge in [-0.05, 0) is 49.8 Å². The Kier molecular flexibility index (Phi) is 8.76. The number of benzene rings is 1. The Morgan fingerprint density at radius 1 is 1.11 bits per heavy atom. The first-order chi connectivity index (χ1) is 18.0. The molecule has 37 heavy (non-hydrogen) atoms. The Bertz CT molecular complexity index is 1110. The molecule has 1 saturated carbocycles. The number of piperidine rings is 1. The smallest absolute Gasteiger partial charge is 0.409 e. The van der Waals surface area contributed by atoms with Gasteiger partial charge < -0.3 is 30.0 Å². The van der Waals surface area contributed by atoms with Gasteiger partial charge in [0.25, 0.3) is 0 Å². The van der Waals surface area contributed by atoms with Crippen LogP contribution >= 0.6 is 0 Å². The fourth-order valence-corrected chi connectivity index (χ4v) is 5.52. The number of aldehydes is 1. The number of rotatable bonds is 6. The third kappa shape index (κ3) is 5.77. The second-order valence-electron chi connectivity index (χ2n) is 9.86. The molecule has 3 fully saturated rings. The first kappa shape index (κ1) is 26.6. The number of fused-ring (bicyclic) bond motifs is 1. The highest BCUT2D eigenvalue weighted by Gasteiger charge is 2.42. The Morgan fingerprint density at radius 2 is 1.84 bits per heavy atom. The lowest BCUT2D eigenvalue weighted by Gasteiger charge is -2.40. The van der Waals surface area contributed by atoms with E-state index >= 15 is 0 Å². The van der Waals surface area contributed by atoms with Gasteiger partial charge in [-0.2, -0.15) is 0 Å². The van der Waals surface area contributed by atoms with E-state index in [9.17, 15) is 9.59 Å². The van der Waals surface area contributed by atoms with Gasteiger partial charge in [-0.15, -0.1) is 0 Å². The largest absolute Gasteiger partial charge is 0.453 e. The Hall–Kier alpha value is -3.46. The van der Waals surface area contributed by atoms with Crippen LogP contribution in [-0.2, 0) is 9.47 Å². The molecule has 0 bridgehead atoms. The van der Waals surface area contributed by atoms with E-state index in [2.05, 4.69) is 19.9 Å². The summed E-state index contributed by atoms with van der Waals surface area (Å²) in [5, 5.41) is 12.5. The van der Waals surface area contributed by atoms with E-state index in [1.165, 1.54) is 7.11 Å². The minimum absolute atomic E-state index is 0.174. The van der Waals surface area contributed by atoms with Crippen LogP contribution in [0.4, 0.5) is 22.0 Å². The van der Waals surface area contributed by atoms with E-state index in [1.807, 2.05) is 41.3 Å². The number of amides is 1. The van der Waals surface area contributed by atoms with Gasteiger partial charge in [0.05, 0.1) is 18.4 Å². The molecule has 3 heterocycles. The maximum absolute atomic E-state index is 12.2. The maximum atomic E-state index is 12.2. The molecule has 2 atom stereocenters. The highest BCUT2D eigenvalue weighted by Crippen LogP contribution is 2.40. The van der Waals surface area contributed by atoms with Crippen LogP contribution in [0.15, 0.2) is 36.4 Å². The van der Waals surface area contributed by atoms with Crippen LogP contribution in [0.1, 0.15) is 48.2 Å². The van der Waals surface area contributed by atoms with Crippen molar-refractivity contribution in [3.05, 3.63) is 47.7 Å². The summed E-state index contributed by atoms with van der Waals surface area (Å²) in [5.74, 6) is 1.11. The summed E-state index contributed by atoms with van der Waals surface area (Å²) in [4.78, 5) is 32.8. The molecular formula is C28H37N5O4. The third-order valence-electron chi connectivity index (χ3n) is 7.54. The van der Waals surface area contributed by atoms with Crippen LogP contribution in [-0.4, -0.2) is 75.0 Å². The molecular weight excluding hydrogens is 470 g/mol. The zero-order valence-electron chi connectivity index (χ0n) is 21.9. The van der Waals surface area contributed by atoms with Crippen molar-refractivity contribution in [2.45, 2.75) is 38.1 Å². The van der Waals surface area contributed by atoms with E-state index in [1.54, 1.807) is 14.2 Å². The molecule has 5 rings (SSSR count). The lowest BCUT2D eigenvalue weighted by molar-refractivity contribution is 0.109. The van der Waals surface area contributed by atoms with Crippen LogP contribution in [0.2, 0.25) is 0 Å². The van der Waals surface area contributed by atoms with Crippen LogP contribution in [0, 0.1) is 17.2 Å². The monoisotopic (exact) mass is 507 g/mol. The minimum Gasteiger partial charge on any atom is -0.453 e. The molecule has 1 aliphatic carbocycles. The molecule has 0 radical (unpaired) electrons. The number of nitrogens with zero attached hydrogens (tertiary/aromatic N) is 3. The highest BCUT2D eigenvalue weighted by atomic mass is 16.5. The van der Waals surface area contributed by atoms with Gasteiger partial charge in [0.1, 0.15) is 11.5 Å². The minimum atomic E-state index is -0.255. The topological polar surface area (TPSA) is 108 Å². The SMILES string of the molecule is COC.COC(=O)N1CCC2CN(c3cc(C=O)nc(Nc4ccccc4)c3C(=N)C3CCC3)CCC21. The van der Waals surface area contributed by atoms with Gasteiger partial charge in [-0.1, -0.05) is 24.6 Å². The van der Waals surface area contributed by atoms with Gasteiger partial charge >= 0.3 is 6.09 Å². The summed E-state index contributed by atoms with van der Waals surface area (Å²) in [6, 6.07) is 11.8. The molecule has 2 N–H and O–H groups in total. The number of anilines is 3. The number of likely N-dealkylation sites (tertiary alicyclic amines) is 1. The van der Waals surface area contributed by atoms with Crippen molar-refractivity contribution < 1.29 is 19.1 Å². The molecule has 2 aliphatic heterocycles. The second-order valence-corrected chi connectivity index (χ2v) is 9.86. The van der Waals surface area contributed by atoms with Crippen molar-refractivity contribution >= 4 is 35.3 Å². The number of ether oxygens (including phenoxy) is 2. The van der Waals surface area contributed by atoms with E-state index < -0.39 is 0 Å². The van der Waals surface area contributed by atoms with Gasteiger partial charge in [-0.25, -0.2) is 9.78 Å². The third-order valence-corrected chi connectivity index (χ3v) is 7.54.